The lowest BCUT2D eigenvalue weighted by Gasteiger charge is -2.32. The van der Waals surface area contributed by atoms with Crippen LogP contribution in [0.15, 0.2) is 66.7 Å². The number of hydrogen-bond acceptors (Lipinski definition) is 5. The molecule has 3 aromatic rings. The van der Waals surface area contributed by atoms with Gasteiger partial charge in [-0.25, -0.2) is 0 Å². The molecule has 1 aliphatic rings. The number of para-hydroxylation sites is 1. The van der Waals surface area contributed by atoms with Gasteiger partial charge in [-0.2, -0.15) is 0 Å². The molecule has 0 unspecified atom stereocenters. The second-order valence-corrected chi connectivity index (χ2v) is 7.92. The van der Waals surface area contributed by atoms with Crippen molar-refractivity contribution in [3.05, 3.63) is 72.3 Å². The van der Waals surface area contributed by atoms with Gasteiger partial charge in [0.05, 0.1) is 12.8 Å². The number of likely N-dealkylation sites (tertiary alicyclic amines) is 1. The van der Waals surface area contributed by atoms with Gasteiger partial charge in [0, 0.05) is 18.7 Å². The zero-order valence-corrected chi connectivity index (χ0v) is 17.6. The molecule has 0 atom stereocenters. The number of rotatable bonds is 8. The first-order valence-electron chi connectivity index (χ1n) is 10.8. The van der Waals surface area contributed by atoms with Gasteiger partial charge in [-0.05, 0) is 68.1 Å². The van der Waals surface area contributed by atoms with E-state index in [1.54, 1.807) is 7.11 Å². The molecule has 1 N–H and O–H groups in total. The van der Waals surface area contributed by atoms with Gasteiger partial charge in [0.2, 0.25) is 0 Å². The predicted octanol–water partition coefficient (Wildman–Crippen LogP) is 4.87. The Balaban J connectivity index is 1.21. The molecule has 0 aliphatic carbocycles. The Morgan fingerprint density at radius 2 is 1.70 bits per heavy atom. The summed E-state index contributed by atoms with van der Waals surface area (Å²) in [7, 11) is 1.67. The Bertz CT molecular complexity index is 906. The van der Waals surface area contributed by atoms with Gasteiger partial charge in [0.25, 0.3) is 0 Å². The van der Waals surface area contributed by atoms with Crippen LogP contribution in [0.4, 0.5) is 5.82 Å². The predicted molar refractivity (Wildman–Crippen MR) is 122 cm³/mol. The van der Waals surface area contributed by atoms with Crippen LogP contribution in [0.1, 0.15) is 24.8 Å². The number of ether oxygens (including phenoxy) is 1. The van der Waals surface area contributed by atoms with E-state index in [2.05, 4.69) is 50.7 Å². The van der Waals surface area contributed by atoms with Gasteiger partial charge < -0.3 is 10.1 Å². The van der Waals surface area contributed by atoms with Gasteiger partial charge in [-0.3, -0.25) is 4.90 Å². The van der Waals surface area contributed by atoms with E-state index in [0.717, 1.165) is 41.8 Å². The summed E-state index contributed by atoms with van der Waals surface area (Å²) in [5.41, 5.74) is 3.19. The van der Waals surface area contributed by atoms with E-state index < -0.39 is 0 Å². The van der Waals surface area contributed by atoms with Gasteiger partial charge in [0.1, 0.15) is 11.6 Å². The zero-order chi connectivity index (χ0) is 20.6. The summed E-state index contributed by atoms with van der Waals surface area (Å²) in [5, 5.41) is 12.2. The summed E-state index contributed by atoms with van der Waals surface area (Å²) < 4.78 is 5.42. The van der Waals surface area contributed by atoms with E-state index in [-0.39, 0.29) is 0 Å². The minimum Gasteiger partial charge on any atom is -0.496 e. The molecule has 4 rings (SSSR count). The Kier molecular flexibility index (Phi) is 6.93. The molecule has 5 nitrogen and oxygen atoms in total. The summed E-state index contributed by atoms with van der Waals surface area (Å²) in [6, 6.07) is 22.6. The second kappa shape index (κ2) is 10.2. The minimum absolute atomic E-state index is 0.783. The van der Waals surface area contributed by atoms with Crippen LogP contribution < -0.4 is 10.1 Å². The van der Waals surface area contributed by atoms with Crippen molar-refractivity contribution in [1.29, 1.82) is 0 Å². The molecule has 1 saturated heterocycles. The third-order valence-electron chi connectivity index (χ3n) is 5.86. The molecule has 1 aromatic heterocycles. The van der Waals surface area contributed by atoms with Gasteiger partial charge in [0.15, 0.2) is 0 Å². The summed E-state index contributed by atoms with van der Waals surface area (Å²) in [5.74, 6) is 2.42. The van der Waals surface area contributed by atoms with Crippen LogP contribution in [-0.4, -0.2) is 41.8 Å². The highest BCUT2D eigenvalue weighted by Gasteiger charge is 2.19. The molecular formula is C25H30N4O. The van der Waals surface area contributed by atoms with E-state index in [0.29, 0.717) is 0 Å². The molecule has 1 aliphatic heterocycles. The van der Waals surface area contributed by atoms with E-state index in [1.807, 2.05) is 36.4 Å². The third-order valence-corrected chi connectivity index (χ3v) is 5.86. The fraction of sp³-hybridized carbons (Fsp3) is 0.360. The lowest BCUT2D eigenvalue weighted by Crippen LogP contribution is -2.33. The molecule has 1 fully saturated rings. The van der Waals surface area contributed by atoms with Crippen molar-refractivity contribution in [2.75, 3.05) is 32.1 Å². The first-order valence-corrected chi connectivity index (χ1v) is 10.8. The Hall–Kier alpha value is -2.92. The van der Waals surface area contributed by atoms with Crippen molar-refractivity contribution in [3.8, 4) is 17.0 Å². The molecule has 0 saturated carbocycles. The third kappa shape index (κ3) is 5.36. The Labute approximate surface area is 179 Å². The molecule has 2 aromatic carbocycles. The highest BCUT2D eigenvalue weighted by atomic mass is 16.5. The van der Waals surface area contributed by atoms with Crippen LogP contribution >= 0.6 is 0 Å². The van der Waals surface area contributed by atoms with Crippen molar-refractivity contribution >= 4 is 5.82 Å². The van der Waals surface area contributed by atoms with E-state index in [1.165, 1.54) is 37.9 Å². The molecule has 0 bridgehead atoms. The minimum atomic E-state index is 0.783. The maximum Gasteiger partial charge on any atom is 0.148 e. The number of hydrogen-bond donors (Lipinski definition) is 1. The zero-order valence-electron chi connectivity index (χ0n) is 17.6. The molecule has 5 heteroatoms. The van der Waals surface area contributed by atoms with Crippen molar-refractivity contribution in [1.82, 2.24) is 15.1 Å². The number of nitrogens with one attached hydrogen (secondary N) is 1. The van der Waals surface area contributed by atoms with E-state index >= 15 is 0 Å². The summed E-state index contributed by atoms with van der Waals surface area (Å²) in [6.07, 6.45) is 3.72. The van der Waals surface area contributed by atoms with E-state index in [4.69, 9.17) is 4.74 Å². The topological polar surface area (TPSA) is 50.3 Å². The maximum absolute atomic E-state index is 5.42. The molecule has 0 radical (unpaired) electrons. The summed E-state index contributed by atoms with van der Waals surface area (Å²) in [6.45, 7) is 4.38. The molecule has 0 amide bonds. The normalized spacial score (nSPS) is 15.1. The highest BCUT2D eigenvalue weighted by Crippen LogP contribution is 2.28. The average molecular weight is 403 g/mol. The van der Waals surface area contributed by atoms with Crippen molar-refractivity contribution < 1.29 is 4.74 Å². The van der Waals surface area contributed by atoms with Gasteiger partial charge in [-0.15, -0.1) is 10.2 Å². The van der Waals surface area contributed by atoms with Crippen molar-refractivity contribution in [2.24, 2.45) is 5.92 Å². The first kappa shape index (κ1) is 20.4. The number of nitrogens with zero attached hydrogens (tertiary/aromatic N) is 3. The fourth-order valence-corrected chi connectivity index (χ4v) is 4.11. The number of benzene rings is 2. The molecular weight excluding hydrogens is 372 g/mol. The lowest BCUT2D eigenvalue weighted by molar-refractivity contribution is 0.174. The highest BCUT2D eigenvalue weighted by molar-refractivity contribution is 5.67. The monoisotopic (exact) mass is 402 g/mol. The number of piperidine rings is 1. The number of anilines is 1. The van der Waals surface area contributed by atoms with Gasteiger partial charge in [-0.1, -0.05) is 42.5 Å². The summed E-state index contributed by atoms with van der Waals surface area (Å²) >= 11 is 0. The van der Waals surface area contributed by atoms with Gasteiger partial charge >= 0.3 is 0 Å². The van der Waals surface area contributed by atoms with Crippen LogP contribution in [0, 0.1) is 5.92 Å². The molecule has 156 valence electrons. The average Bonchev–Trinajstić information content (AvgIpc) is 2.81. The first-order chi connectivity index (χ1) is 14.8. The maximum atomic E-state index is 5.42. The fourth-order valence-electron chi connectivity index (χ4n) is 4.11. The van der Waals surface area contributed by atoms with Crippen LogP contribution in [0.5, 0.6) is 5.75 Å². The number of methoxy groups -OCH3 is 1. The number of aromatic nitrogens is 2. The van der Waals surface area contributed by atoms with Crippen LogP contribution in [0.25, 0.3) is 11.3 Å². The Morgan fingerprint density at radius 3 is 2.43 bits per heavy atom. The Morgan fingerprint density at radius 1 is 0.933 bits per heavy atom. The standard InChI is InChI=1S/C25H30N4O/c1-30-24-10-6-5-9-22(24)23-11-12-25(28-27-23)26-16-13-20-14-17-29(18-15-20)19-21-7-3-2-4-8-21/h2-12,20H,13-19H2,1H3,(H,26,28). The smallest absolute Gasteiger partial charge is 0.148 e. The molecule has 2 heterocycles. The molecule has 30 heavy (non-hydrogen) atoms. The molecule has 0 spiro atoms. The summed E-state index contributed by atoms with van der Waals surface area (Å²) in [4.78, 5) is 2.57. The lowest BCUT2D eigenvalue weighted by atomic mass is 9.93. The van der Waals surface area contributed by atoms with Crippen molar-refractivity contribution in [2.45, 2.75) is 25.8 Å². The van der Waals surface area contributed by atoms with Crippen LogP contribution in [-0.2, 0) is 6.54 Å². The quantitative estimate of drug-likeness (QED) is 0.583. The largest absolute Gasteiger partial charge is 0.496 e. The second-order valence-electron chi connectivity index (χ2n) is 7.92. The van der Waals surface area contributed by atoms with Crippen molar-refractivity contribution in [3.63, 3.8) is 0 Å². The SMILES string of the molecule is COc1ccccc1-c1ccc(NCCC2CCN(Cc3ccccc3)CC2)nn1. The van der Waals surface area contributed by atoms with E-state index in [9.17, 15) is 0 Å². The van der Waals surface area contributed by atoms with Crippen LogP contribution in [0.2, 0.25) is 0 Å². The van der Waals surface area contributed by atoms with Crippen LogP contribution in [0.3, 0.4) is 0 Å².